The first-order valence-electron chi connectivity index (χ1n) is 11.9. The third-order valence-electron chi connectivity index (χ3n) is 6.70. The lowest BCUT2D eigenvalue weighted by Crippen LogP contribution is -2.34. The summed E-state index contributed by atoms with van der Waals surface area (Å²) in [5, 5.41) is 9.78. The highest BCUT2D eigenvalue weighted by molar-refractivity contribution is 6.30. The topological polar surface area (TPSA) is 76.4 Å². The molecule has 2 aromatic heterocycles. The van der Waals surface area contributed by atoms with Gasteiger partial charge in [-0.2, -0.15) is 0 Å². The van der Waals surface area contributed by atoms with Crippen molar-refractivity contribution < 1.29 is 9.53 Å². The number of ether oxygens (including phenoxy) is 1. The molecule has 0 radical (unpaired) electrons. The molecule has 1 saturated heterocycles. The average molecular weight is 481 g/mol. The summed E-state index contributed by atoms with van der Waals surface area (Å²) in [4.78, 5) is 21.4. The number of piperidine rings is 1. The highest BCUT2D eigenvalue weighted by Crippen LogP contribution is 2.34. The van der Waals surface area contributed by atoms with Gasteiger partial charge in [0.05, 0.1) is 18.8 Å². The molecule has 4 heterocycles. The molecule has 0 aliphatic carbocycles. The second-order valence-corrected chi connectivity index (χ2v) is 9.43. The third kappa shape index (κ3) is 4.46. The first kappa shape index (κ1) is 22.7. The van der Waals surface area contributed by atoms with Crippen LogP contribution in [0.4, 0.5) is 10.6 Å². The molecule has 0 spiro atoms. The number of aromatic nitrogens is 4. The van der Waals surface area contributed by atoms with E-state index in [-0.39, 0.29) is 18.1 Å². The van der Waals surface area contributed by atoms with Gasteiger partial charge in [-0.25, -0.2) is 9.78 Å². The molecule has 178 valence electrons. The molecular weight excluding hydrogens is 452 g/mol. The van der Waals surface area contributed by atoms with Gasteiger partial charge in [-0.05, 0) is 62.1 Å². The number of carbonyl (C=O) groups is 1. The summed E-state index contributed by atoms with van der Waals surface area (Å²) in [6.45, 7) is 6.46. The van der Waals surface area contributed by atoms with E-state index in [1.54, 1.807) is 4.90 Å². The number of fused-ring (bicyclic) bond motifs is 3. The number of benzene rings is 1. The van der Waals surface area contributed by atoms with E-state index < -0.39 is 0 Å². The van der Waals surface area contributed by atoms with Crippen LogP contribution in [-0.2, 0) is 17.8 Å². The Morgan fingerprint density at radius 2 is 2.00 bits per heavy atom. The minimum Gasteiger partial charge on any atom is -0.446 e. The summed E-state index contributed by atoms with van der Waals surface area (Å²) in [5.74, 6) is 2.96. The fraction of sp³-hybridized carbons (Fsp3) is 0.440. The molecule has 9 heteroatoms. The van der Waals surface area contributed by atoms with Crippen LogP contribution >= 0.6 is 11.6 Å². The molecule has 5 rings (SSSR count). The van der Waals surface area contributed by atoms with Crippen molar-refractivity contribution in [2.45, 2.75) is 58.2 Å². The summed E-state index contributed by atoms with van der Waals surface area (Å²) >= 11 is 6.34. The number of carbonyl (C=O) groups excluding carboxylic acids is 1. The zero-order valence-corrected chi connectivity index (χ0v) is 20.3. The second kappa shape index (κ2) is 9.62. The Bertz CT molecular complexity index is 1160. The Morgan fingerprint density at radius 1 is 1.18 bits per heavy atom. The fourth-order valence-corrected chi connectivity index (χ4v) is 4.85. The van der Waals surface area contributed by atoms with Gasteiger partial charge in [0.2, 0.25) is 0 Å². The fourth-order valence-electron chi connectivity index (χ4n) is 4.66. The van der Waals surface area contributed by atoms with Gasteiger partial charge < -0.3 is 9.64 Å². The van der Waals surface area contributed by atoms with Crippen LogP contribution in [0.5, 0.6) is 0 Å². The average Bonchev–Trinajstić information content (AvgIpc) is 3.20. The van der Waals surface area contributed by atoms with E-state index >= 15 is 0 Å². The van der Waals surface area contributed by atoms with Gasteiger partial charge >= 0.3 is 6.09 Å². The maximum atomic E-state index is 12.9. The minimum atomic E-state index is -0.345. The van der Waals surface area contributed by atoms with E-state index in [1.807, 2.05) is 50.4 Å². The van der Waals surface area contributed by atoms with Crippen LogP contribution in [0.25, 0.3) is 5.69 Å². The van der Waals surface area contributed by atoms with Gasteiger partial charge in [0.15, 0.2) is 5.82 Å². The van der Waals surface area contributed by atoms with Crippen molar-refractivity contribution in [2.24, 2.45) is 0 Å². The van der Waals surface area contributed by atoms with Crippen LogP contribution < -0.4 is 4.90 Å². The Kier molecular flexibility index (Phi) is 6.41. The molecule has 1 fully saturated rings. The predicted molar refractivity (Wildman–Crippen MR) is 130 cm³/mol. The van der Waals surface area contributed by atoms with Gasteiger partial charge in [0.1, 0.15) is 17.7 Å². The number of halogens is 1. The highest BCUT2D eigenvalue weighted by atomic mass is 35.5. The third-order valence-corrected chi connectivity index (χ3v) is 6.93. The first-order chi connectivity index (χ1) is 16.5. The van der Waals surface area contributed by atoms with Gasteiger partial charge in [-0.15, -0.1) is 10.2 Å². The Balaban J connectivity index is 1.43. The number of pyridine rings is 1. The van der Waals surface area contributed by atoms with E-state index in [1.165, 1.54) is 0 Å². The van der Waals surface area contributed by atoms with E-state index in [0.717, 1.165) is 61.1 Å². The van der Waals surface area contributed by atoms with Crippen molar-refractivity contribution >= 4 is 23.5 Å². The van der Waals surface area contributed by atoms with Crippen molar-refractivity contribution in [3.8, 4) is 5.69 Å². The summed E-state index contributed by atoms with van der Waals surface area (Å²) in [7, 11) is 0. The lowest BCUT2D eigenvalue weighted by Gasteiger charge is -2.32. The Morgan fingerprint density at radius 3 is 2.74 bits per heavy atom. The molecule has 0 bridgehead atoms. The van der Waals surface area contributed by atoms with Gasteiger partial charge in [-0.3, -0.25) is 9.47 Å². The molecule has 0 N–H and O–H groups in total. The largest absolute Gasteiger partial charge is 0.446 e. The van der Waals surface area contributed by atoms with Crippen molar-refractivity contribution in [3.05, 3.63) is 64.8 Å². The molecule has 34 heavy (non-hydrogen) atoms. The van der Waals surface area contributed by atoms with Crippen molar-refractivity contribution in [2.75, 3.05) is 18.0 Å². The van der Waals surface area contributed by atoms with Crippen LogP contribution in [-0.4, -0.2) is 49.9 Å². The van der Waals surface area contributed by atoms with Crippen LogP contribution in [0.1, 0.15) is 56.2 Å². The molecule has 0 saturated carbocycles. The first-order valence-corrected chi connectivity index (χ1v) is 12.3. The van der Waals surface area contributed by atoms with Crippen molar-refractivity contribution in [3.63, 3.8) is 0 Å². The summed E-state index contributed by atoms with van der Waals surface area (Å²) in [6, 6.07) is 11.8. The monoisotopic (exact) mass is 480 g/mol. The quantitative estimate of drug-likeness (QED) is 0.525. The van der Waals surface area contributed by atoms with Gasteiger partial charge in [0.25, 0.3) is 0 Å². The van der Waals surface area contributed by atoms with Gasteiger partial charge in [-0.1, -0.05) is 24.6 Å². The van der Waals surface area contributed by atoms with Crippen LogP contribution in [0.3, 0.4) is 0 Å². The number of hydrogen-bond donors (Lipinski definition) is 0. The van der Waals surface area contributed by atoms with Crippen molar-refractivity contribution in [1.82, 2.24) is 24.6 Å². The Hall–Kier alpha value is -3.13. The number of anilines is 1. The number of amides is 1. The summed E-state index contributed by atoms with van der Waals surface area (Å²) in [6.07, 6.45) is 4.02. The smallest absolute Gasteiger partial charge is 0.410 e. The van der Waals surface area contributed by atoms with E-state index in [9.17, 15) is 4.79 Å². The molecular formula is C25H29ClN6O2. The molecule has 2 aliphatic heterocycles. The van der Waals surface area contributed by atoms with Crippen LogP contribution in [0.15, 0.2) is 42.6 Å². The highest BCUT2D eigenvalue weighted by Gasteiger charge is 2.32. The zero-order valence-electron chi connectivity index (χ0n) is 19.5. The summed E-state index contributed by atoms with van der Waals surface area (Å²) < 4.78 is 7.75. The predicted octanol–water partition coefficient (Wildman–Crippen LogP) is 4.95. The molecule has 1 amide bonds. The number of hydrogen-bond acceptors (Lipinski definition) is 6. The lowest BCUT2D eigenvalue weighted by molar-refractivity contribution is 0.0637. The van der Waals surface area contributed by atoms with E-state index in [0.29, 0.717) is 18.1 Å². The number of nitrogens with zero attached hydrogens (tertiary/aromatic N) is 6. The normalized spacial score (nSPS) is 17.0. The lowest BCUT2D eigenvalue weighted by atomic mass is 9.95. The Labute approximate surface area is 204 Å². The molecule has 1 atom stereocenters. The standard InChI is InChI=1S/C25H29ClN6O2/c1-3-17(2)34-25(33)31-15-19-14-20(26)7-8-21(19)32-23(16-31)28-29-24(32)18-9-12-30(13-10-18)22-6-4-5-11-27-22/h4-8,11,14,17-18H,3,9-10,12-13,15-16H2,1-2H3/t17-/m1/s1. The SMILES string of the molecule is CC[C@@H](C)OC(=O)N1Cc2cc(Cl)ccc2-n2c(nnc2C2CCN(c3ccccn3)CC2)C1. The minimum absolute atomic E-state index is 0.146. The van der Waals surface area contributed by atoms with Gasteiger partial charge in [0, 0.05) is 30.2 Å². The van der Waals surface area contributed by atoms with E-state index in [4.69, 9.17) is 16.3 Å². The maximum Gasteiger partial charge on any atom is 0.410 e. The second-order valence-electron chi connectivity index (χ2n) is 8.99. The molecule has 3 aromatic rings. The zero-order chi connectivity index (χ0) is 23.7. The molecule has 2 aliphatic rings. The molecule has 0 unspecified atom stereocenters. The maximum absolute atomic E-state index is 12.9. The molecule has 8 nitrogen and oxygen atoms in total. The molecule has 1 aromatic carbocycles. The van der Waals surface area contributed by atoms with Crippen molar-refractivity contribution in [1.29, 1.82) is 0 Å². The van der Waals surface area contributed by atoms with E-state index in [2.05, 4.69) is 30.7 Å². The van der Waals surface area contributed by atoms with Crippen LogP contribution in [0, 0.1) is 0 Å². The number of rotatable bonds is 4. The van der Waals surface area contributed by atoms with Crippen LogP contribution in [0.2, 0.25) is 5.02 Å². The summed E-state index contributed by atoms with van der Waals surface area (Å²) in [5.41, 5.74) is 1.93.